The Kier molecular flexibility index (Phi) is 7.10. The molecule has 4 rings (SSSR count). The minimum absolute atomic E-state index is 0.172. The maximum Gasteiger partial charge on any atom is 0.262 e. The van der Waals surface area contributed by atoms with E-state index in [2.05, 4.69) is 5.10 Å². The monoisotopic (exact) mass is 475 g/mol. The number of nitrogens with zero attached hydrogens (tertiary/aromatic N) is 3. The first-order valence-corrected chi connectivity index (χ1v) is 11.1. The van der Waals surface area contributed by atoms with Gasteiger partial charge in [-0.3, -0.25) is 9.59 Å². The van der Waals surface area contributed by atoms with Gasteiger partial charge in [-0.05, 0) is 54.1 Å². The van der Waals surface area contributed by atoms with Crippen molar-refractivity contribution in [2.45, 2.75) is 12.5 Å². The lowest BCUT2D eigenvalue weighted by Gasteiger charge is -2.26. The molecular weight excluding hydrogens is 449 g/mol. The van der Waals surface area contributed by atoms with Crippen LogP contribution in [0.2, 0.25) is 0 Å². The van der Waals surface area contributed by atoms with Crippen LogP contribution in [-0.2, 0) is 4.79 Å². The van der Waals surface area contributed by atoms with Crippen LogP contribution in [0, 0.1) is 5.82 Å². The van der Waals surface area contributed by atoms with E-state index in [0.29, 0.717) is 12.2 Å². The van der Waals surface area contributed by atoms with E-state index in [9.17, 15) is 14.0 Å². The van der Waals surface area contributed by atoms with Crippen LogP contribution in [0.4, 0.5) is 4.39 Å². The van der Waals surface area contributed by atoms with Gasteiger partial charge in [0.1, 0.15) is 23.9 Å². The average molecular weight is 476 g/mol. The number of hydrazone groups is 1. The number of benzene rings is 3. The summed E-state index contributed by atoms with van der Waals surface area (Å²) in [7, 11) is 4.69. The predicted molar refractivity (Wildman–Crippen MR) is 130 cm³/mol. The van der Waals surface area contributed by atoms with Gasteiger partial charge >= 0.3 is 0 Å². The number of carbonyl (C=O) groups is 2. The molecule has 0 spiro atoms. The summed E-state index contributed by atoms with van der Waals surface area (Å²) in [5.41, 5.74) is 2.58. The quantitative estimate of drug-likeness (QED) is 0.511. The summed E-state index contributed by atoms with van der Waals surface area (Å²) in [5, 5.41) is 6.06. The fraction of sp³-hybridized carbons (Fsp3) is 0.222. The number of hydrogen-bond donors (Lipinski definition) is 0. The molecular formula is C27H26FN3O4. The first kappa shape index (κ1) is 23.9. The second kappa shape index (κ2) is 10.4. The molecule has 0 aliphatic carbocycles. The van der Waals surface area contributed by atoms with E-state index in [1.165, 1.54) is 35.2 Å². The van der Waals surface area contributed by atoms with Gasteiger partial charge in [0.15, 0.2) is 0 Å². The third kappa shape index (κ3) is 5.16. The SMILES string of the molecule is COc1ccc(C2=NN(C(=O)CN(C)C(=O)c3cccc(F)c3)C(c3ccccc3OC)C2)cc1. The molecule has 180 valence electrons. The zero-order chi connectivity index (χ0) is 24.9. The van der Waals surface area contributed by atoms with Gasteiger partial charge in [0.2, 0.25) is 0 Å². The molecule has 1 unspecified atom stereocenters. The van der Waals surface area contributed by atoms with Gasteiger partial charge in [-0.2, -0.15) is 5.10 Å². The number of carbonyl (C=O) groups excluding carboxylic acids is 2. The standard InChI is InChI=1S/C27H26FN3O4/c1-30(27(33)19-7-6-8-20(28)15-19)17-26(32)31-24(22-9-4-5-10-25(22)35-3)16-23(29-31)18-11-13-21(34-2)14-12-18/h4-15,24H,16-17H2,1-3H3. The molecule has 2 amide bonds. The summed E-state index contributed by atoms with van der Waals surface area (Å²) < 4.78 is 24.4. The lowest BCUT2D eigenvalue weighted by atomic mass is 9.97. The van der Waals surface area contributed by atoms with Crippen molar-refractivity contribution in [1.82, 2.24) is 9.91 Å². The molecule has 0 N–H and O–H groups in total. The van der Waals surface area contributed by atoms with E-state index in [1.54, 1.807) is 14.2 Å². The minimum atomic E-state index is -0.514. The number of ether oxygens (including phenoxy) is 2. The van der Waals surface area contributed by atoms with Crippen LogP contribution in [0.15, 0.2) is 77.9 Å². The van der Waals surface area contributed by atoms with Crippen molar-refractivity contribution in [3.05, 3.63) is 95.3 Å². The van der Waals surface area contributed by atoms with Crippen molar-refractivity contribution in [1.29, 1.82) is 0 Å². The Morgan fingerprint density at radius 1 is 1.03 bits per heavy atom. The Hall–Kier alpha value is -4.20. The third-order valence-electron chi connectivity index (χ3n) is 5.88. The maximum atomic E-state index is 13.6. The highest BCUT2D eigenvalue weighted by atomic mass is 19.1. The Morgan fingerprint density at radius 3 is 2.46 bits per heavy atom. The first-order valence-electron chi connectivity index (χ1n) is 11.1. The van der Waals surface area contributed by atoms with Gasteiger partial charge in [-0.25, -0.2) is 9.40 Å². The molecule has 0 saturated carbocycles. The first-order chi connectivity index (χ1) is 16.9. The lowest BCUT2D eigenvalue weighted by molar-refractivity contribution is -0.133. The van der Waals surface area contributed by atoms with Crippen LogP contribution < -0.4 is 9.47 Å². The minimum Gasteiger partial charge on any atom is -0.497 e. The molecule has 0 bridgehead atoms. The van der Waals surface area contributed by atoms with Gasteiger partial charge in [0.25, 0.3) is 11.8 Å². The number of amides is 2. The zero-order valence-electron chi connectivity index (χ0n) is 19.8. The Balaban J connectivity index is 1.62. The normalized spacial score (nSPS) is 14.9. The number of halogens is 1. The molecule has 3 aromatic rings. The summed E-state index contributed by atoms with van der Waals surface area (Å²) in [6.07, 6.45) is 0.472. The highest BCUT2D eigenvalue weighted by molar-refractivity contribution is 6.04. The topological polar surface area (TPSA) is 71.4 Å². The molecule has 7 nitrogen and oxygen atoms in total. The average Bonchev–Trinajstić information content (AvgIpc) is 3.33. The number of hydrogen-bond acceptors (Lipinski definition) is 5. The largest absolute Gasteiger partial charge is 0.497 e. The zero-order valence-corrected chi connectivity index (χ0v) is 19.8. The van der Waals surface area contributed by atoms with E-state index < -0.39 is 17.8 Å². The Bertz CT molecular complexity index is 1260. The van der Waals surface area contributed by atoms with Gasteiger partial charge in [0.05, 0.1) is 26.0 Å². The molecule has 0 aromatic heterocycles. The van der Waals surface area contributed by atoms with Crippen LogP contribution in [0.5, 0.6) is 11.5 Å². The van der Waals surface area contributed by atoms with Crippen LogP contribution in [0.25, 0.3) is 0 Å². The second-order valence-electron chi connectivity index (χ2n) is 8.15. The predicted octanol–water partition coefficient (Wildman–Crippen LogP) is 4.29. The Morgan fingerprint density at radius 2 is 1.77 bits per heavy atom. The summed E-state index contributed by atoms with van der Waals surface area (Å²) in [6, 6.07) is 19.9. The summed E-state index contributed by atoms with van der Waals surface area (Å²) in [4.78, 5) is 27.4. The molecule has 1 aliphatic rings. The van der Waals surface area contributed by atoms with Crippen molar-refractivity contribution in [3.63, 3.8) is 0 Å². The highest BCUT2D eigenvalue weighted by Crippen LogP contribution is 2.37. The van der Waals surface area contributed by atoms with E-state index in [4.69, 9.17) is 9.47 Å². The fourth-order valence-electron chi connectivity index (χ4n) is 4.07. The summed E-state index contributed by atoms with van der Waals surface area (Å²) >= 11 is 0. The van der Waals surface area contributed by atoms with E-state index in [0.717, 1.165) is 28.7 Å². The molecule has 1 heterocycles. The molecule has 3 aromatic carbocycles. The van der Waals surface area contributed by atoms with E-state index in [-0.39, 0.29) is 18.0 Å². The van der Waals surface area contributed by atoms with Crippen molar-refractivity contribution < 1.29 is 23.5 Å². The fourth-order valence-corrected chi connectivity index (χ4v) is 4.07. The molecule has 0 saturated heterocycles. The number of rotatable bonds is 7. The van der Waals surface area contributed by atoms with Crippen LogP contribution in [0.1, 0.15) is 33.9 Å². The number of para-hydroxylation sites is 1. The Labute approximate surface area is 203 Å². The van der Waals surface area contributed by atoms with Gasteiger partial charge < -0.3 is 14.4 Å². The van der Waals surface area contributed by atoms with Gasteiger partial charge in [-0.1, -0.05) is 24.3 Å². The molecule has 1 aliphatic heterocycles. The van der Waals surface area contributed by atoms with Gasteiger partial charge in [0, 0.05) is 24.6 Å². The molecule has 1 atom stereocenters. The molecule has 0 fully saturated rings. The summed E-state index contributed by atoms with van der Waals surface area (Å²) in [5.74, 6) is 0.0340. The molecule has 0 radical (unpaired) electrons. The second-order valence-corrected chi connectivity index (χ2v) is 8.15. The summed E-state index contributed by atoms with van der Waals surface area (Å²) in [6.45, 7) is -0.222. The van der Waals surface area contributed by atoms with Crippen LogP contribution in [0.3, 0.4) is 0 Å². The third-order valence-corrected chi connectivity index (χ3v) is 5.88. The van der Waals surface area contributed by atoms with E-state index >= 15 is 0 Å². The van der Waals surface area contributed by atoms with Crippen molar-refractivity contribution in [2.24, 2.45) is 5.10 Å². The van der Waals surface area contributed by atoms with E-state index in [1.807, 2.05) is 48.5 Å². The molecule has 35 heavy (non-hydrogen) atoms. The van der Waals surface area contributed by atoms with Gasteiger partial charge in [-0.15, -0.1) is 0 Å². The maximum absolute atomic E-state index is 13.6. The van der Waals surface area contributed by atoms with Crippen molar-refractivity contribution in [3.8, 4) is 11.5 Å². The number of methoxy groups -OCH3 is 2. The van der Waals surface area contributed by atoms with Crippen molar-refractivity contribution >= 4 is 17.5 Å². The lowest BCUT2D eigenvalue weighted by Crippen LogP contribution is -2.39. The van der Waals surface area contributed by atoms with Crippen LogP contribution in [-0.4, -0.2) is 55.2 Å². The molecule has 8 heteroatoms. The van der Waals surface area contributed by atoms with Crippen LogP contribution >= 0.6 is 0 Å². The van der Waals surface area contributed by atoms with Crippen molar-refractivity contribution in [2.75, 3.05) is 27.8 Å². The highest BCUT2D eigenvalue weighted by Gasteiger charge is 2.35. The smallest absolute Gasteiger partial charge is 0.262 e. The number of likely N-dealkylation sites (N-methyl/N-ethyl adjacent to an activating group) is 1.